The van der Waals surface area contributed by atoms with Crippen LogP contribution in [0.5, 0.6) is 5.75 Å². The second-order valence-electron chi connectivity index (χ2n) is 4.08. The van der Waals surface area contributed by atoms with Crippen molar-refractivity contribution in [3.63, 3.8) is 0 Å². The largest absolute Gasteiger partial charge is 0.496 e. The predicted octanol–water partition coefficient (Wildman–Crippen LogP) is 1.49. The van der Waals surface area contributed by atoms with Crippen molar-refractivity contribution in [3.05, 3.63) is 29.8 Å². The fraction of sp³-hybridized carbons (Fsp3) is 0.400. The summed E-state index contributed by atoms with van der Waals surface area (Å²) in [4.78, 5) is 11.8. The first kappa shape index (κ1) is 15.1. The molecule has 1 atom stereocenters. The molecule has 1 amide bonds. The zero-order valence-electron chi connectivity index (χ0n) is 11.4. The van der Waals surface area contributed by atoms with E-state index >= 15 is 0 Å². The number of terminal acetylenes is 1. The zero-order valence-corrected chi connectivity index (χ0v) is 11.4. The van der Waals surface area contributed by atoms with E-state index in [4.69, 9.17) is 11.2 Å². The summed E-state index contributed by atoms with van der Waals surface area (Å²) in [6.45, 7) is 2.63. The summed E-state index contributed by atoms with van der Waals surface area (Å²) in [5, 5.41) is 5.83. The molecular weight excluding hydrogens is 240 g/mol. The Kier molecular flexibility index (Phi) is 6.48. The zero-order chi connectivity index (χ0) is 14.1. The van der Waals surface area contributed by atoms with Crippen LogP contribution in [0, 0.1) is 12.3 Å². The summed E-state index contributed by atoms with van der Waals surface area (Å²) in [7, 11) is 1.63. The number of carbonyl (C=O) groups is 1. The van der Waals surface area contributed by atoms with Crippen LogP contribution in [-0.2, 0) is 4.79 Å². The SMILES string of the molecule is C#CCNCC(=O)NC(CC)c1ccccc1OC. The van der Waals surface area contributed by atoms with E-state index in [2.05, 4.69) is 16.6 Å². The van der Waals surface area contributed by atoms with Crippen molar-refractivity contribution in [1.29, 1.82) is 0 Å². The first-order chi connectivity index (χ1) is 9.22. The number of rotatable bonds is 7. The predicted molar refractivity (Wildman–Crippen MR) is 75.9 cm³/mol. The first-order valence-electron chi connectivity index (χ1n) is 6.29. The first-order valence-corrected chi connectivity index (χ1v) is 6.29. The highest BCUT2D eigenvalue weighted by molar-refractivity contribution is 5.78. The van der Waals surface area contributed by atoms with Gasteiger partial charge in [0.15, 0.2) is 0 Å². The molecule has 4 nitrogen and oxygen atoms in total. The van der Waals surface area contributed by atoms with E-state index < -0.39 is 0 Å². The number of para-hydroxylation sites is 1. The molecule has 0 aromatic heterocycles. The van der Waals surface area contributed by atoms with E-state index in [0.717, 1.165) is 17.7 Å². The highest BCUT2D eigenvalue weighted by Gasteiger charge is 2.15. The average molecular weight is 260 g/mol. The summed E-state index contributed by atoms with van der Waals surface area (Å²) >= 11 is 0. The Balaban J connectivity index is 2.67. The second-order valence-corrected chi connectivity index (χ2v) is 4.08. The highest BCUT2D eigenvalue weighted by Crippen LogP contribution is 2.26. The molecule has 0 bridgehead atoms. The van der Waals surface area contributed by atoms with E-state index in [1.165, 1.54) is 0 Å². The quantitative estimate of drug-likeness (QED) is 0.577. The lowest BCUT2D eigenvalue weighted by molar-refractivity contribution is -0.121. The summed E-state index contributed by atoms with van der Waals surface area (Å²) in [5.41, 5.74) is 0.984. The molecule has 0 heterocycles. The number of carbonyl (C=O) groups excluding carboxylic acids is 1. The van der Waals surface area contributed by atoms with E-state index in [9.17, 15) is 4.79 Å². The molecule has 0 saturated carbocycles. The minimum atomic E-state index is -0.0759. The second kappa shape index (κ2) is 8.17. The molecular formula is C15H20N2O2. The number of ether oxygens (including phenoxy) is 1. The van der Waals surface area contributed by atoms with Gasteiger partial charge in [0.2, 0.25) is 5.91 Å². The van der Waals surface area contributed by atoms with Crippen LogP contribution in [0.4, 0.5) is 0 Å². The van der Waals surface area contributed by atoms with Gasteiger partial charge in [0, 0.05) is 5.56 Å². The molecule has 0 aliphatic heterocycles. The molecule has 0 aliphatic rings. The third-order valence-corrected chi connectivity index (χ3v) is 2.77. The van der Waals surface area contributed by atoms with Gasteiger partial charge < -0.3 is 10.1 Å². The van der Waals surface area contributed by atoms with Crippen LogP contribution in [0.15, 0.2) is 24.3 Å². The van der Waals surface area contributed by atoms with Crippen LogP contribution in [0.3, 0.4) is 0 Å². The van der Waals surface area contributed by atoms with Crippen LogP contribution in [0.1, 0.15) is 24.9 Å². The number of hydrogen-bond acceptors (Lipinski definition) is 3. The van der Waals surface area contributed by atoms with E-state index in [1.807, 2.05) is 31.2 Å². The highest BCUT2D eigenvalue weighted by atomic mass is 16.5. The molecule has 19 heavy (non-hydrogen) atoms. The van der Waals surface area contributed by atoms with Crippen LogP contribution in [0.25, 0.3) is 0 Å². The van der Waals surface area contributed by atoms with Gasteiger partial charge >= 0.3 is 0 Å². The number of nitrogens with one attached hydrogen (secondary N) is 2. The molecule has 0 fully saturated rings. The monoisotopic (exact) mass is 260 g/mol. The Morgan fingerprint density at radius 1 is 1.47 bits per heavy atom. The van der Waals surface area contributed by atoms with Crippen molar-refractivity contribution in [2.75, 3.05) is 20.2 Å². The molecule has 0 saturated heterocycles. The van der Waals surface area contributed by atoms with Gasteiger partial charge in [0.05, 0.1) is 26.2 Å². The van der Waals surface area contributed by atoms with Gasteiger partial charge in [-0.05, 0) is 12.5 Å². The lowest BCUT2D eigenvalue weighted by atomic mass is 10.0. The molecule has 2 N–H and O–H groups in total. The molecule has 102 valence electrons. The van der Waals surface area contributed by atoms with Crippen molar-refractivity contribution >= 4 is 5.91 Å². The lowest BCUT2D eigenvalue weighted by Gasteiger charge is -2.20. The minimum absolute atomic E-state index is 0.0590. The standard InChI is InChI=1S/C15H20N2O2/c1-4-10-16-11-15(18)17-13(5-2)12-8-6-7-9-14(12)19-3/h1,6-9,13,16H,5,10-11H2,2-3H3,(H,17,18). The van der Waals surface area contributed by atoms with Gasteiger partial charge in [-0.15, -0.1) is 6.42 Å². The van der Waals surface area contributed by atoms with Gasteiger partial charge in [-0.25, -0.2) is 0 Å². The maximum Gasteiger partial charge on any atom is 0.234 e. The summed E-state index contributed by atoms with van der Waals surface area (Å²) in [5.74, 6) is 3.14. The molecule has 1 unspecified atom stereocenters. The molecule has 0 radical (unpaired) electrons. The Morgan fingerprint density at radius 2 is 2.21 bits per heavy atom. The molecule has 0 spiro atoms. The molecule has 1 aromatic rings. The topological polar surface area (TPSA) is 50.4 Å². The van der Waals surface area contributed by atoms with Crippen LogP contribution < -0.4 is 15.4 Å². The number of benzene rings is 1. The van der Waals surface area contributed by atoms with E-state index in [1.54, 1.807) is 7.11 Å². The van der Waals surface area contributed by atoms with Crippen molar-refractivity contribution in [2.45, 2.75) is 19.4 Å². The molecule has 0 aliphatic carbocycles. The van der Waals surface area contributed by atoms with E-state index in [0.29, 0.717) is 6.54 Å². The smallest absolute Gasteiger partial charge is 0.234 e. The van der Waals surface area contributed by atoms with Crippen LogP contribution >= 0.6 is 0 Å². The van der Waals surface area contributed by atoms with Crippen molar-refractivity contribution in [2.24, 2.45) is 0 Å². The maximum atomic E-state index is 11.8. The van der Waals surface area contributed by atoms with Gasteiger partial charge in [-0.2, -0.15) is 0 Å². The third kappa shape index (κ3) is 4.65. The lowest BCUT2D eigenvalue weighted by Crippen LogP contribution is -2.36. The van der Waals surface area contributed by atoms with E-state index in [-0.39, 0.29) is 18.5 Å². The van der Waals surface area contributed by atoms with Gasteiger partial charge in [-0.3, -0.25) is 10.1 Å². The fourth-order valence-corrected chi connectivity index (χ4v) is 1.85. The Hall–Kier alpha value is -1.99. The summed E-state index contributed by atoms with van der Waals surface area (Å²) < 4.78 is 5.31. The van der Waals surface area contributed by atoms with Gasteiger partial charge in [-0.1, -0.05) is 31.0 Å². The molecule has 4 heteroatoms. The maximum absolute atomic E-state index is 11.8. The normalized spacial score (nSPS) is 11.4. The number of amides is 1. The van der Waals surface area contributed by atoms with Gasteiger partial charge in [0.1, 0.15) is 5.75 Å². The molecule has 1 rings (SSSR count). The molecule has 1 aromatic carbocycles. The number of hydrogen-bond donors (Lipinski definition) is 2. The average Bonchev–Trinajstić information content (AvgIpc) is 2.45. The number of methoxy groups -OCH3 is 1. The third-order valence-electron chi connectivity index (χ3n) is 2.77. The van der Waals surface area contributed by atoms with Crippen molar-refractivity contribution < 1.29 is 9.53 Å². The Labute approximate surface area is 114 Å². The summed E-state index contributed by atoms with van der Waals surface area (Å²) in [6.07, 6.45) is 5.90. The van der Waals surface area contributed by atoms with Gasteiger partial charge in [0.25, 0.3) is 0 Å². The van der Waals surface area contributed by atoms with Crippen LogP contribution in [0.2, 0.25) is 0 Å². The minimum Gasteiger partial charge on any atom is -0.496 e. The Morgan fingerprint density at radius 3 is 2.84 bits per heavy atom. The Bertz CT molecular complexity index is 452. The van der Waals surface area contributed by atoms with Crippen molar-refractivity contribution in [1.82, 2.24) is 10.6 Å². The van der Waals surface area contributed by atoms with Crippen LogP contribution in [-0.4, -0.2) is 26.1 Å². The fourth-order valence-electron chi connectivity index (χ4n) is 1.85. The van der Waals surface area contributed by atoms with Crippen molar-refractivity contribution in [3.8, 4) is 18.1 Å². The summed E-state index contributed by atoms with van der Waals surface area (Å²) in [6, 6.07) is 7.63.